The standard InChI is InChI=1S/C15H29NO2.C4H10O3S/c1-5-7-10-16(11-8-6-2)12-9-13-18-15(17)14(3)4;1-2-3-4-8(5,6)7/h3,5-13H2,1-2,4H3;2-4H2,1H3,(H,5,6,7). The molecule has 7 heteroatoms. The van der Waals surface area contributed by atoms with E-state index in [1.165, 1.54) is 25.7 Å². The third-order valence-corrected chi connectivity index (χ3v) is 4.42. The number of unbranched alkanes of at least 4 members (excludes halogenated alkanes) is 3. The van der Waals surface area contributed by atoms with Gasteiger partial charge in [-0.1, -0.05) is 46.6 Å². The van der Waals surface area contributed by atoms with Gasteiger partial charge in [0, 0.05) is 12.1 Å². The Balaban J connectivity index is 0. The number of carbonyl (C=O) groups is 1. The first-order valence-corrected chi connectivity index (χ1v) is 11.3. The van der Waals surface area contributed by atoms with Crippen molar-refractivity contribution in [3.63, 3.8) is 0 Å². The van der Waals surface area contributed by atoms with Gasteiger partial charge in [-0.3, -0.25) is 4.55 Å². The number of rotatable bonds is 14. The third kappa shape index (κ3) is 21.1. The van der Waals surface area contributed by atoms with Crippen molar-refractivity contribution in [2.75, 3.05) is 32.0 Å². The van der Waals surface area contributed by atoms with Crippen LogP contribution in [0.25, 0.3) is 0 Å². The average molecular weight is 394 g/mol. The van der Waals surface area contributed by atoms with Crippen molar-refractivity contribution in [3.05, 3.63) is 12.2 Å². The molecular formula is C19H39NO5S. The first kappa shape index (κ1) is 27.3. The van der Waals surface area contributed by atoms with Crippen molar-refractivity contribution in [3.8, 4) is 0 Å². The molecule has 0 aliphatic rings. The highest BCUT2D eigenvalue weighted by Crippen LogP contribution is 2.01. The fourth-order valence-electron chi connectivity index (χ4n) is 2.00. The Kier molecular flexibility index (Phi) is 18.4. The Morgan fingerprint density at radius 3 is 1.77 bits per heavy atom. The Bertz CT molecular complexity index is 455. The zero-order chi connectivity index (χ0) is 20.4. The van der Waals surface area contributed by atoms with Gasteiger partial charge in [-0.05, 0) is 45.7 Å². The van der Waals surface area contributed by atoms with Gasteiger partial charge in [-0.25, -0.2) is 4.79 Å². The summed E-state index contributed by atoms with van der Waals surface area (Å²) in [6.45, 7) is 15.4. The van der Waals surface area contributed by atoms with E-state index < -0.39 is 10.1 Å². The highest BCUT2D eigenvalue weighted by atomic mass is 32.2. The molecule has 0 aromatic rings. The normalized spacial score (nSPS) is 11.0. The summed E-state index contributed by atoms with van der Waals surface area (Å²) in [7, 11) is -3.69. The molecular weight excluding hydrogens is 354 g/mol. The lowest BCUT2D eigenvalue weighted by Gasteiger charge is -2.21. The van der Waals surface area contributed by atoms with E-state index >= 15 is 0 Å². The summed E-state index contributed by atoms with van der Waals surface area (Å²) in [6, 6.07) is 0. The molecule has 26 heavy (non-hydrogen) atoms. The van der Waals surface area contributed by atoms with E-state index in [1.54, 1.807) is 6.92 Å². The lowest BCUT2D eigenvalue weighted by Crippen LogP contribution is -2.28. The predicted molar refractivity (Wildman–Crippen MR) is 108 cm³/mol. The van der Waals surface area contributed by atoms with Crippen molar-refractivity contribution >= 4 is 16.1 Å². The van der Waals surface area contributed by atoms with E-state index in [-0.39, 0.29) is 11.7 Å². The van der Waals surface area contributed by atoms with Crippen molar-refractivity contribution in [1.82, 2.24) is 4.90 Å². The molecule has 0 amide bonds. The maximum Gasteiger partial charge on any atom is 0.333 e. The van der Waals surface area contributed by atoms with Crippen LogP contribution in [0.3, 0.4) is 0 Å². The van der Waals surface area contributed by atoms with Gasteiger partial charge in [0.15, 0.2) is 0 Å². The maximum absolute atomic E-state index is 11.2. The van der Waals surface area contributed by atoms with Gasteiger partial charge in [0.05, 0.1) is 12.4 Å². The van der Waals surface area contributed by atoms with Gasteiger partial charge in [-0.2, -0.15) is 8.42 Å². The topological polar surface area (TPSA) is 83.9 Å². The SMILES string of the molecule is C=C(C)C(=O)OCCCN(CCCC)CCCC.CCCCS(=O)(=O)O. The molecule has 0 aromatic heterocycles. The zero-order valence-electron chi connectivity index (χ0n) is 17.1. The molecule has 0 saturated heterocycles. The van der Waals surface area contributed by atoms with E-state index in [2.05, 4.69) is 25.3 Å². The molecule has 0 fully saturated rings. The Morgan fingerprint density at radius 2 is 1.42 bits per heavy atom. The number of hydrogen-bond acceptors (Lipinski definition) is 5. The molecule has 0 aromatic carbocycles. The molecule has 0 radical (unpaired) electrons. The lowest BCUT2D eigenvalue weighted by molar-refractivity contribution is -0.139. The average Bonchev–Trinajstić information content (AvgIpc) is 2.58. The molecule has 0 aliphatic carbocycles. The van der Waals surface area contributed by atoms with E-state index in [4.69, 9.17) is 9.29 Å². The third-order valence-electron chi connectivity index (χ3n) is 3.61. The van der Waals surface area contributed by atoms with Crippen molar-refractivity contribution in [2.24, 2.45) is 0 Å². The molecule has 0 unspecified atom stereocenters. The first-order valence-electron chi connectivity index (χ1n) is 9.68. The van der Waals surface area contributed by atoms with Crippen LogP contribution in [0.15, 0.2) is 12.2 Å². The van der Waals surface area contributed by atoms with E-state index in [9.17, 15) is 13.2 Å². The van der Waals surface area contributed by atoms with Crippen LogP contribution in [0.5, 0.6) is 0 Å². The fraction of sp³-hybridized carbons (Fsp3) is 0.842. The van der Waals surface area contributed by atoms with Gasteiger partial charge in [-0.15, -0.1) is 0 Å². The summed E-state index contributed by atoms with van der Waals surface area (Å²) in [5.41, 5.74) is 0.476. The largest absolute Gasteiger partial charge is 0.462 e. The van der Waals surface area contributed by atoms with Gasteiger partial charge >= 0.3 is 5.97 Å². The van der Waals surface area contributed by atoms with Gasteiger partial charge < -0.3 is 9.64 Å². The highest BCUT2D eigenvalue weighted by Gasteiger charge is 2.06. The van der Waals surface area contributed by atoms with Crippen LogP contribution in [-0.4, -0.2) is 55.8 Å². The van der Waals surface area contributed by atoms with Crippen molar-refractivity contribution in [2.45, 2.75) is 72.6 Å². The fourth-order valence-corrected chi connectivity index (χ4v) is 2.66. The van der Waals surface area contributed by atoms with Crippen LogP contribution in [-0.2, 0) is 19.6 Å². The predicted octanol–water partition coefficient (Wildman–Crippen LogP) is 4.07. The van der Waals surface area contributed by atoms with Crippen LogP contribution in [0.1, 0.15) is 72.6 Å². The molecule has 1 N–H and O–H groups in total. The minimum Gasteiger partial charge on any atom is -0.462 e. The van der Waals surface area contributed by atoms with E-state index in [1.807, 2.05) is 6.92 Å². The molecule has 156 valence electrons. The number of ether oxygens (including phenoxy) is 1. The van der Waals surface area contributed by atoms with Crippen LogP contribution in [0.2, 0.25) is 0 Å². The summed E-state index contributed by atoms with van der Waals surface area (Å²) in [4.78, 5) is 13.7. The molecule has 0 heterocycles. The summed E-state index contributed by atoms with van der Waals surface area (Å²) in [5, 5.41) is 0. The molecule has 0 bridgehead atoms. The molecule has 0 atom stereocenters. The second kappa shape index (κ2) is 17.5. The van der Waals surface area contributed by atoms with Crippen LogP contribution >= 0.6 is 0 Å². The smallest absolute Gasteiger partial charge is 0.333 e. The van der Waals surface area contributed by atoms with Crippen LogP contribution < -0.4 is 0 Å². The number of hydrogen-bond donors (Lipinski definition) is 1. The first-order chi connectivity index (χ1) is 12.2. The van der Waals surface area contributed by atoms with E-state index in [0.29, 0.717) is 18.6 Å². The Labute approximate surface area is 160 Å². The second-order valence-electron chi connectivity index (χ2n) is 6.46. The van der Waals surface area contributed by atoms with Crippen molar-refractivity contribution < 1.29 is 22.5 Å². The van der Waals surface area contributed by atoms with Crippen LogP contribution in [0, 0.1) is 0 Å². The second-order valence-corrected chi connectivity index (χ2v) is 8.03. The minimum absolute atomic E-state index is 0.108. The number of esters is 1. The summed E-state index contributed by atoms with van der Waals surface area (Å²) in [6.07, 6.45) is 7.19. The molecule has 0 aliphatic heterocycles. The molecule has 0 rings (SSSR count). The quantitative estimate of drug-likeness (QED) is 0.207. The van der Waals surface area contributed by atoms with Gasteiger partial charge in [0.1, 0.15) is 0 Å². The highest BCUT2D eigenvalue weighted by molar-refractivity contribution is 7.85. The monoisotopic (exact) mass is 393 g/mol. The number of nitrogens with zero attached hydrogens (tertiary/aromatic N) is 1. The Morgan fingerprint density at radius 1 is 0.962 bits per heavy atom. The molecule has 0 spiro atoms. The summed E-state index contributed by atoms with van der Waals surface area (Å²) in [5.74, 6) is -0.382. The lowest BCUT2D eigenvalue weighted by atomic mass is 10.2. The maximum atomic E-state index is 11.2. The van der Waals surface area contributed by atoms with E-state index in [0.717, 1.165) is 32.5 Å². The molecule has 0 saturated carbocycles. The summed E-state index contributed by atoms with van der Waals surface area (Å²) < 4.78 is 33.1. The zero-order valence-corrected chi connectivity index (χ0v) is 17.9. The number of carbonyl (C=O) groups excluding carboxylic acids is 1. The Hall–Kier alpha value is -0.920. The van der Waals surface area contributed by atoms with Gasteiger partial charge in [0.2, 0.25) is 0 Å². The van der Waals surface area contributed by atoms with Crippen LogP contribution in [0.4, 0.5) is 0 Å². The summed E-state index contributed by atoms with van der Waals surface area (Å²) >= 11 is 0. The molecule has 6 nitrogen and oxygen atoms in total. The van der Waals surface area contributed by atoms with Crippen molar-refractivity contribution in [1.29, 1.82) is 0 Å². The minimum atomic E-state index is -3.69. The van der Waals surface area contributed by atoms with Gasteiger partial charge in [0.25, 0.3) is 10.1 Å².